The smallest absolute Gasteiger partial charge is 0.322 e. The van der Waals surface area contributed by atoms with E-state index in [-0.39, 0.29) is 0 Å². The molecule has 0 aromatic carbocycles. The van der Waals surface area contributed by atoms with E-state index in [1.165, 1.54) is 26.0 Å². The predicted octanol–water partition coefficient (Wildman–Crippen LogP) is 0.745. The molecular weight excluding hydrogens is 168 g/mol. The number of likely N-dealkylation sites (N-methyl/N-ethyl adjacent to an activating group) is 1. The van der Waals surface area contributed by atoms with Crippen LogP contribution in [-0.4, -0.2) is 44.0 Å². The summed E-state index contributed by atoms with van der Waals surface area (Å²) in [4.78, 5) is 12.1. The molecule has 0 aliphatic heterocycles. The van der Waals surface area contributed by atoms with Crippen molar-refractivity contribution in [2.24, 2.45) is 0 Å². The second-order valence-corrected chi connectivity index (χ2v) is 2.53. The third kappa shape index (κ3) is 3.61. The number of methoxy groups -OCH3 is 1. The SMILES string of the molecule is COC(=O)C(C)N(C)CC(F)F. The van der Waals surface area contributed by atoms with Crippen LogP contribution < -0.4 is 0 Å². The van der Waals surface area contributed by atoms with Crippen LogP contribution in [0.4, 0.5) is 8.78 Å². The fourth-order valence-corrected chi connectivity index (χ4v) is 0.726. The lowest BCUT2D eigenvalue weighted by molar-refractivity contribution is -0.146. The molecule has 0 N–H and O–H groups in total. The van der Waals surface area contributed by atoms with Crippen LogP contribution in [0.15, 0.2) is 0 Å². The summed E-state index contributed by atoms with van der Waals surface area (Å²) < 4.78 is 28.0. The van der Waals surface area contributed by atoms with E-state index in [2.05, 4.69) is 4.74 Å². The molecule has 0 radical (unpaired) electrons. The van der Waals surface area contributed by atoms with Gasteiger partial charge in [-0.05, 0) is 14.0 Å². The van der Waals surface area contributed by atoms with Gasteiger partial charge in [0.05, 0.1) is 13.7 Å². The van der Waals surface area contributed by atoms with Crippen molar-refractivity contribution in [2.75, 3.05) is 20.7 Å². The number of esters is 1. The van der Waals surface area contributed by atoms with Crippen molar-refractivity contribution in [2.45, 2.75) is 19.4 Å². The molecule has 0 heterocycles. The minimum Gasteiger partial charge on any atom is -0.468 e. The number of halogens is 2. The zero-order valence-corrected chi connectivity index (χ0v) is 7.38. The summed E-state index contributed by atoms with van der Waals surface area (Å²) in [6.07, 6.45) is -2.43. The Morgan fingerprint density at radius 1 is 1.58 bits per heavy atom. The molecule has 3 nitrogen and oxygen atoms in total. The Kier molecular flexibility index (Phi) is 4.73. The van der Waals surface area contributed by atoms with Gasteiger partial charge in [-0.3, -0.25) is 9.69 Å². The highest BCUT2D eigenvalue weighted by Gasteiger charge is 2.20. The van der Waals surface area contributed by atoms with Gasteiger partial charge in [-0.25, -0.2) is 8.78 Å². The van der Waals surface area contributed by atoms with Crippen molar-refractivity contribution in [1.29, 1.82) is 0 Å². The number of carbonyl (C=O) groups is 1. The number of alkyl halides is 2. The van der Waals surface area contributed by atoms with Crippen LogP contribution >= 0.6 is 0 Å². The molecule has 0 spiro atoms. The van der Waals surface area contributed by atoms with Gasteiger partial charge in [0, 0.05) is 0 Å². The fourth-order valence-electron chi connectivity index (χ4n) is 0.726. The van der Waals surface area contributed by atoms with Gasteiger partial charge in [0.15, 0.2) is 0 Å². The molecule has 0 saturated heterocycles. The molecule has 72 valence electrons. The minimum atomic E-state index is -2.43. The summed E-state index contributed by atoms with van der Waals surface area (Å²) in [7, 11) is 2.68. The largest absolute Gasteiger partial charge is 0.468 e. The monoisotopic (exact) mass is 181 g/mol. The van der Waals surface area contributed by atoms with Crippen molar-refractivity contribution < 1.29 is 18.3 Å². The summed E-state index contributed by atoms with van der Waals surface area (Å²) >= 11 is 0. The molecule has 0 rings (SSSR count). The number of nitrogens with zero attached hydrogens (tertiary/aromatic N) is 1. The first-order valence-electron chi connectivity index (χ1n) is 3.55. The maximum atomic E-state index is 11.8. The van der Waals surface area contributed by atoms with Crippen molar-refractivity contribution in [3.63, 3.8) is 0 Å². The molecule has 0 fully saturated rings. The van der Waals surface area contributed by atoms with E-state index in [4.69, 9.17) is 0 Å². The summed E-state index contributed by atoms with van der Waals surface area (Å²) in [5, 5.41) is 0. The topological polar surface area (TPSA) is 29.5 Å². The fraction of sp³-hybridized carbons (Fsp3) is 0.857. The van der Waals surface area contributed by atoms with Crippen LogP contribution in [-0.2, 0) is 9.53 Å². The van der Waals surface area contributed by atoms with Gasteiger partial charge >= 0.3 is 5.97 Å². The molecule has 0 bridgehead atoms. The molecular formula is C7H13F2NO2. The van der Waals surface area contributed by atoms with Crippen molar-refractivity contribution in [3.05, 3.63) is 0 Å². The standard InChI is InChI=1S/C7H13F2NO2/c1-5(7(11)12-3)10(2)4-6(8)9/h5-6H,4H2,1-3H3. The van der Waals surface area contributed by atoms with E-state index in [9.17, 15) is 13.6 Å². The Balaban J connectivity index is 3.91. The third-order valence-corrected chi connectivity index (χ3v) is 1.63. The Hall–Kier alpha value is -0.710. The van der Waals surface area contributed by atoms with Crippen LogP contribution in [0.1, 0.15) is 6.92 Å². The summed E-state index contributed by atoms with van der Waals surface area (Å²) in [5.74, 6) is -0.502. The minimum absolute atomic E-state index is 0.420. The van der Waals surface area contributed by atoms with Crippen LogP contribution in [0, 0.1) is 0 Å². The lowest BCUT2D eigenvalue weighted by atomic mass is 10.3. The number of rotatable bonds is 4. The Morgan fingerprint density at radius 3 is 2.42 bits per heavy atom. The van der Waals surface area contributed by atoms with Crippen molar-refractivity contribution >= 4 is 5.97 Å². The second-order valence-electron chi connectivity index (χ2n) is 2.53. The first-order chi connectivity index (χ1) is 5.49. The summed E-state index contributed by atoms with van der Waals surface area (Å²) in [6, 6.07) is -0.621. The predicted molar refractivity (Wildman–Crippen MR) is 40.1 cm³/mol. The number of hydrogen-bond acceptors (Lipinski definition) is 3. The molecule has 12 heavy (non-hydrogen) atoms. The third-order valence-electron chi connectivity index (χ3n) is 1.63. The van der Waals surface area contributed by atoms with Gasteiger partial charge in [0.1, 0.15) is 6.04 Å². The highest BCUT2D eigenvalue weighted by molar-refractivity contribution is 5.75. The van der Waals surface area contributed by atoms with Gasteiger partial charge in [-0.1, -0.05) is 0 Å². The average molecular weight is 181 g/mol. The van der Waals surface area contributed by atoms with Crippen LogP contribution in [0.5, 0.6) is 0 Å². The summed E-state index contributed by atoms with van der Waals surface area (Å²) in [5.41, 5.74) is 0. The molecule has 0 aliphatic carbocycles. The lowest BCUT2D eigenvalue weighted by Gasteiger charge is -2.21. The van der Waals surface area contributed by atoms with E-state index >= 15 is 0 Å². The molecule has 1 unspecified atom stereocenters. The van der Waals surface area contributed by atoms with E-state index < -0.39 is 25.0 Å². The van der Waals surface area contributed by atoms with Crippen molar-refractivity contribution in [3.8, 4) is 0 Å². The Morgan fingerprint density at radius 2 is 2.08 bits per heavy atom. The van der Waals surface area contributed by atoms with Gasteiger partial charge in [-0.15, -0.1) is 0 Å². The highest BCUT2D eigenvalue weighted by Crippen LogP contribution is 2.02. The maximum Gasteiger partial charge on any atom is 0.322 e. The van der Waals surface area contributed by atoms with E-state index in [0.717, 1.165) is 0 Å². The van der Waals surface area contributed by atoms with Gasteiger partial charge < -0.3 is 4.74 Å². The average Bonchev–Trinajstić information content (AvgIpc) is 2.00. The van der Waals surface area contributed by atoms with Gasteiger partial charge in [0.2, 0.25) is 0 Å². The number of carbonyl (C=O) groups excluding carboxylic acids is 1. The lowest BCUT2D eigenvalue weighted by Crippen LogP contribution is -2.39. The molecule has 0 saturated carbocycles. The number of ether oxygens (including phenoxy) is 1. The Labute approximate surface area is 70.3 Å². The zero-order valence-electron chi connectivity index (χ0n) is 7.38. The van der Waals surface area contributed by atoms with E-state index in [0.29, 0.717) is 0 Å². The first kappa shape index (κ1) is 11.3. The second kappa shape index (κ2) is 5.03. The molecule has 1 atom stereocenters. The van der Waals surface area contributed by atoms with Crippen molar-refractivity contribution in [1.82, 2.24) is 4.90 Å². The van der Waals surface area contributed by atoms with E-state index in [1.807, 2.05) is 0 Å². The van der Waals surface area contributed by atoms with Gasteiger partial charge in [-0.2, -0.15) is 0 Å². The van der Waals surface area contributed by atoms with Crippen LogP contribution in [0.2, 0.25) is 0 Å². The number of hydrogen-bond donors (Lipinski definition) is 0. The summed E-state index contributed by atoms with van der Waals surface area (Å²) in [6.45, 7) is 1.10. The Bertz CT molecular complexity index is 152. The normalized spacial score (nSPS) is 13.6. The van der Waals surface area contributed by atoms with Crippen LogP contribution in [0.3, 0.4) is 0 Å². The molecule has 0 aromatic rings. The van der Waals surface area contributed by atoms with Gasteiger partial charge in [0.25, 0.3) is 6.43 Å². The highest BCUT2D eigenvalue weighted by atomic mass is 19.3. The zero-order chi connectivity index (χ0) is 9.72. The first-order valence-corrected chi connectivity index (χ1v) is 3.55. The van der Waals surface area contributed by atoms with Crippen LogP contribution in [0.25, 0.3) is 0 Å². The maximum absolute atomic E-state index is 11.8. The van der Waals surface area contributed by atoms with E-state index in [1.54, 1.807) is 0 Å². The molecule has 5 heteroatoms. The molecule has 0 aliphatic rings. The quantitative estimate of drug-likeness (QED) is 0.599. The molecule has 0 aromatic heterocycles. The molecule has 0 amide bonds.